The van der Waals surface area contributed by atoms with Gasteiger partial charge in [0.05, 0.1) is 5.92 Å². The summed E-state index contributed by atoms with van der Waals surface area (Å²) < 4.78 is 40.5. The van der Waals surface area contributed by atoms with Gasteiger partial charge in [-0.25, -0.2) is 0 Å². The molecule has 0 radical (unpaired) electrons. The van der Waals surface area contributed by atoms with E-state index in [1.54, 1.807) is 0 Å². The van der Waals surface area contributed by atoms with E-state index in [1.807, 2.05) is 20.8 Å². The molecule has 0 saturated carbocycles. The minimum Gasteiger partial charge on any atom is -0.406 e. The predicted molar refractivity (Wildman–Crippen MR) is 64.0 cm³/mol. The van der Waals surface area contributed by atoms with Crippen molar-refractivity contribution in [2.75, 3.05) is 5.32 Å². The number of amides is 1. The van der Waals surface area contributed by atoms with Gasteiger partial charge in [0.25, 0.3) is 0 Å². The number of carbonyl (C=O) groups is 1. The minimum absolute atomic E-state index is 0.202. The molecule has 3 nitrogen and oxygen atoms in total. The molecule has 0 fully saturated rings. The predicted octanol–water partition coefficient (Wildman–Crippen LogP) is 3.67. The first-order chi connectivity index (χ1) is 8.58. The number of fused-ring (bicyclic) bond motifs is 1. The van der Waals surface area contributed by atoms with E-state index in [0.717, 1.165) is 0 Å². The third kappa shape index (κ3) is 2.83. The van der Waals surface area contributed by atoms with Crippen molar-refractivity contribution in [2.45, 2.75) is 33.1 Å². The van der Waals surface area contributed by atoms with Crippen LogP contribution in [-0.4, -0.2) is 12.3 Å². The molecule has 0 bridgehead atoms. The molecular weight excluding hydrogens is 259 g/mol. The summed E-state index contributed by atoms with van der Waals surface area (Å²) in [5.74, 6) is -0.997. The van der Waals surface area contributed by atoms with Crippen molar-refractivity contribution in [1.82, 2.24) is 0 Å². The Morgan fingerprint density at radius 3 is 2.37 bits per heavy atom. The largest absolute Gasteiger partial charge is 0.573 e. The lowest BCUT2D eigenvalue weighted by atomic mass is 9.77. The Morgan fingerprint density at radius 2 is 1.84 bits per heavy atom. The number of rotatable bonds is 1. The van der Waals surface area contributed by atoms with E-state index < -0.39 is 12.3 Å². The zero-order chi connectivity index (χ0) is 14.4. The van der Waals surface area contributed by atoms with E-state index in [4.69, 9.17) is 0 Å². The van der Waals surface area contributed by atoms with Crippen LogP contribution in [0.1, 0.15) is 32.3 Å². The van der Waals surface area contributed by atoms with Gasteiger partial charge in [0.1, 0.15) is 5.75 Å². The van der Waals surface area contributed by atoms with Crippen LogP contribution in [0.2, 0.25) is 0 Å². The summed E-state index contributed by atoms with van der Waals surface area (Å²) in [4.78, 5) is 11.9. The van der Waals surface area contributed by atoms with Crippen molar-refractivity contribution in [1.29, 1.82) is 0 Å². The van der Waals surface area contributed by atoms with Crippen LogP contribution in [0.4, 0.5) is 18.9 Å². The first-order valence-corrected chi connectivity index (χ1v) is 5.78. The average molecular weight is 273 g/mol. The second-order valence-electron chi connectivity index (χ2n) is 5.59. The van der Waals surface area contributed by atoms with Crippen molar-refractivity contribution in [3.05, 3.63) is 23.8 Å². The normalized spacial score (nSPS) is 19.1. The topological polar surface area (TPSA) is 38.3 Å². The highest BCUT2D eigenvalue weighted by molar-refractivity contribution is 6.03. The number of hydrogen-bond donors (Lipinski definition) is 1. The summed E-state index contributed by atoms with van der Waals surface area (Å²) in [7, 11) is 0. The number of nitrogens with one attached hydrogen (secondary N) is 1. The van der Waals surface area contributed by atoms with Gasteiger partial charge in [0, 0.05) is 5.69 Å². The summed E-state index contributed by atoms with van der Waals surface area (Å²) >= 11 is 0. The summed E-state index contributed by atoms with van der Waals surface area (Å²) in [6, 6.07) is 3.90. The molecule has 0 aromatic heterocycles. The third-order valence-corrected chi connectivity index (χ3v) is 2.95. The molecule has 6 heteroatoms. The molecule has 1 N–H and O–H groups in total. The van der Waals surface area contributed by atoms with Crippen LogP contribution in [0.5, 0.6) is 5.75 Å². The van der Waals surface area contributed by atoms with Crippen LogP contribution in [0, 0.1) is 5.41 Å². The number of benzene rings is 1. The molecule has 1 aliphatic heterocycles. The average Bonchev–Trinajstić information content (AvgIpc) is 2.49. The van der Waals surface area contributed by atoms with Crippen LogP contribution in [-0.2, 0) is 4.79 Å². The van der Waals surface area contributed by atoms with Crippen LogP contribution in [0.15, 0.2) is 18.2 Å². The maximum Gasteiger partial charge on any atom is 0.573 e. The SMILES string of the molecule is CC(C)(C)C1C(=O)Nc2ccc(OC(F)(F)F)cc21. The number of halogens is 3. The zero-order valence-electron chi connectivity index (χ0n) is 10.8. The lowest BCUT2D eigenvalue weighted by molar-refractivity contribution is -0.274. The summed E-state index contributed by atoms with van der Waals surface area (Å²) in [5, 5.41) is 2.67. The fourth-order valence-corrected chi connectivity index (χ4v) is 2.30. The van der Waals surface area contributed by atoms with E-state index >= 15 is 0 Å². The number of hydrogen-bond acceptors (Lipinski definition) is 2. The number of anilines is 1. The second-order valence-corrected chi connectivity index (χ2v) is 5.59. The van der Waals surface area contributed by atoms with Crippen molar-refractivity contribution in [3.8, 4) is 5.75 Å². The Bertz CT molecular complexity index is 518. The molecule has 1 aromatic rings. The third-order valence-electron chi connectivity index (χ3n) is 2.95. The van der Waals surface area contributed by atoms with Crippen LogP contribution in [0.3, 0.4) is 0 Å². The summed E-state index contributed by atoms with van der Waals surface area (Å²) in [6.45, 7) is 5.59. The molecule has 1 unspecified atom stereocenters. The van der Waals surface area contributed by atoms with Crippen molar-refractivity contribution in [3.63, 3.8) is 0 Å². The molecule has 1 aliphatic rings. The lowest BCUT2D eigenvalue weighted by Gasteiger charge is -2.25. The smallest absolute Gasteiger partial charge is 0.406 e. The minimum atomic E-state index is -4.73. The van der Waals surface area contributed by atoms with Gasteiger partial charge in [-0.15, -0.1) is 13.2 Å². The van der Waals surface area contributed by atoms with E-state index in [0.29, 0.717) is 11.3 Å². The summed E-state index contributed by atoms with van der Waals surface area (Å²) in [5.41, 5.74) is 0.699. The van der Waals surface area contributed by atoms with E-state index in [9.17, 15) is 18.0 Å². The maximum atomic E-state index is 12.2. The van der Waals surface area contributed by atoms with Crippen molar-refractivity contribution in [2.24, 2.45) is 5.41 Å². The highest BCUT2D eigenvalue weighted by Gasteiger charge is 2.40. The van der Waals surface area contributed by atoms with E-state index in [1.165, 1.54) is 18.2 Å². The molecule has 1 atom stereocenters. The highest BCUT2D eigenvalue weighted by atomic mass is 19.4. The quantitative estimate of drug-likeness (QED) is 0.847. The molecule has 0 spiro atoms. The standard InChI is InChI=1S/C13H14F3NO2/c1-12(2,3)10-8-6-7(19-13(14,15)16)4-5-9(8)17-11(10)18/h4-6,10H,1-3H3,(H,17,18). The van der Waals surface area contributed by atoms with E-state index in [2.05, 4.69) is 10.1 Å². The Kier molecular flexibility index (Phi) is 2.99. The Balaban J connectivity index is 2.40. The fraction of sp³-hybridized carbons (Fsp3) is 0.462. The molecule has 1 amide bonds. The van der Waals surface area contributed by atoms with Gasteiger partial charge in [0.15, 0.2) is 0 Å². The number of ether oxygens (including phenoxy) is 1. The first-order valence-electron chi connectivity index (χ1n) is 5.78. The van der Waals surface area contributed by atoms with Crippen LogP contribution < -0.4 is 10.1 Å². The molecule has 2 rings (SSSR count). The van der Waals surface area contributed by atoms with Gasteiger partial charge in [-0.05, 0) is 29.2 Å². The summed E-state index contributed by atoms with van der Waals surface area (Å²) in [6.07, 6.45) is -4.73. The van der Waals surface area contributed by atoms with Crippen molar-refractivity contribution < 1.29 is 22.7 Å². The number of alkyl halides is 3. The number of carbonyl (C=O) groups excluding carboxylic acids is 1. The van der Waals surface area contributed by atoms with Gasteiger partial charge in [-0.3, -0.25) is 4.79 Å². The van der Waals surface area contributed by atoms with Gasteiger partial charge in [0.2, 0.25) is 5.91 Å². The second kappa shape index (κ2) is 4.15. The highest BCUT2D eigenvalue weighted by Crippen LogP contribution is 2.45. The van der Waals surface area contributed by atoms with Crippen LogP contribution >= 0.6 is 0 Å². The molecule has 1 heterocycles. The Hall–Kier alpha value is -1.72. The Morgan fingerprint density at radius 1 is 1.21 bits per heavy atom. The Labute approximate surface area is 108 Å². The van der Waals surface area contributed by atoms with E-state index in [-0.39, 0.29) is 17.1 Å². The van der Waals surface area contributed by atoms with Crippen LogP contribution in [0.25, 0.3) is 0 Å². The molecule has 0 saturated heterocycles. The van der Waals surface area contributed by atoms with Crippen molar-refractivity contribution >= 4 is 11.6 Å². The van der Waals surface area contributed by atoms with Gasteiger partial charge in [-0.2, -0.15) is 0 Å². The lowest BCUT2D eigenvalue weighted by Crippen LogP contribution is -2.25. The fourth-order valence-electron chi connectivity index (χ4n) is 2.30. The first kappa shape index (κ1) is 13.7. The molecule has 104 valence electrons. The van der Waals surface area contributed by atoms with Gasteiger partial charge >= 0.3 is 6.36 Å². The monoisotopic (exact) mass is 273 g/mol. The molecular formula is C13H14F3NO2. The zero-order valence-corrected chi connectivity index (χ0v) is 10.8. The molecule has 19 heavy (non-hydrogen) atoms. The van der Waals surface area contributed by atoms with Gasteiger partial charge < -0.3 is 10.1 Å². The molecule has 0 aliphatic carbocycles. The molecule has 1 aromatic carbocycles. The van der Waals surface area contributed by atoms with Gasteiger partial charge in [-0.1, -0.05) is 20.8 Å². The maximum absolute atomic E-state index is 12.2.